The summed E-state index contributed by atoms with van der Waals surface area (Å²) in [4.78, 5) is 23.5. The zero-order valence-corrected chi connectivity index (χ0v) is 15.8. The molecule has 0 heterocycles. The standard InChI is InChI=1S/C20H20ClNO5/c1-25-17-9-7-14(11-18(17)26-2)8-10-20(24)27-13-19(23)22-12-15-5-3-4-6-16(15)21/h3-11H,12-13H2,1-2H3,(H,22,23). The van der Waals surface area contributed by atoms with Crippen molar-refractivity contribution in [1.29, 1.82) is 0 Å². The van der Waals surface area contributed by atoms with Crippen LogP contribution in [0.4, 0.5) is 0 Å². The highest BCUT2D eigenvalue weighted by Crippen LogP contribution is 2.27. The summed E-state index contributed by atoms with van der Waals surface area (Å²) in [6.45, 7) is -0.114. The third-order valence-corrected chi connectivity index (χ3v) is 3.97. The second kappa shape index (κ2) is 10.2. The molecule has 6 nitrogen and oxygen atoms in total. The number of ether oxygens (including phenoxy) is 3. The maximum atomic E-state index is 11.8. The Balaban J connectivity index is 1.81. The van der Waals surface area contributed by atoms with Gasteiger partial charge in [0.05, 0.1) is 14.2 Å². The second-order valence-electron chi connectivity index (χ2n) is 5.42. The average molecular weight is 390 g/mol. The number of hydrogen-bond acceptors (Lipinski definition) is 5. The van der Waals surface area contributed by atoms with E-state index in [2.05, 4.69) is 5.32 Å². The fourth-order valence-corrected chi connectivity index (χ4v) is 2.39. The molecule has 1 N–H and O–H groups in total. The van der Waals surface area contributed by atoms with E-state index in [4.69, 9.17) is 25.8 Å². The van der Waals surface area contributed by atoms with Crippen LogP contribution in [0, 0.1) is 0 Å². The predicted octanol–water partition coefficient (Wildman–Crippen LogP) is 3.23. The summed E-state index contributed by atoms with van der Waals surface area (Å²) in [5, 5.41) is 3.20. The minimum absolute atomic E-state index is 0.261. The van der Waals surface area contributed by atoms with Gasteiger partial charge in [-0.25, -0.2) is 4.79 Å². The highest BCUT2D eigenvalue weighted by molar-refractivity contribution is 6.31. The molecule has 0 atom stereocenters. The minimum Gasteiger partial charge on any atom is -0.493 e. The van der Waals surface area contributed by atoms with Crippen molar-refractivity contribution in [2.75, 3.05) is 20.8 Å². The summed E-state index contributed by atoms with van der Waals surface area (Å²) in [5.74, 6) is 0.0971. The Morgan fingerprint density at radius 1 is 1.07 bits per heavy atom. The summed E-state index contributed by atoms with van der Waals surface area (Å²) in [6.07, 6.45) is 2.80. The van der Waals surface area contributed by atoms with E-state index >= 15 is 0 Å². The lowest BCUT2D eigenvalue weighted by Gasteiger charge is -2.08. The predicted molar refractivity (Wildman–Crippen MR) is 103 cm³/mol. The van der Waals surface area contributed by atoms with Gasteiger partial charge in [-0.15, -0.1) is 0 Å². The molecule has 142 valence electrons. The normalized spacial score (nSPS) is 10.5. The Labute approximate surface area is 162 Å². The van der Waals surface area contributed by atoms with Crippen molar-refractivity contribution in [1.82, 2.24) is 5.32 Å². The van der Waals surface area contributed by atoms with Crippen LogP contribution in [0.15, 0.2) is 48.5 Å². The van der Waals surface area contributed by atoms with E-state index in [1.807, 2.05) is 6.07 Å². The number of rotatable bonds is 8. The van der Waals surface area contributed by atoms with Gasteiger partial charge >= 0.3 is 5.97 Å². The lowest BCUT2D eigenvalue weighted by atomic mass is 10.2. The van der Waals surface area contributed by atoms with Crippen LogP contribution in [0.2, 0.25) is 5.02 Å². The maximum Gasteiger partial charge on any atom is 0.331 e. The molecular formula is C20H20ClNO5. The first-order chi connectivity index (χ1) is 13.0. The topological polar surface area (TPSA) is 73.9 Å². The number of halogens is 1. The molecule has 0 aliphatic carbocycles. The van der Waals surface area contributed by atoms with Crippen molar-refractivity contribution in [2.45, 2.75) is 6.54 Å². The second-order valence-corrected chi connectivity index (χ2v) is 5.83. The van der Waals surface area contributed by atoms with Gasteiger partial charge in [0.2, 0.25) is 0 Å². The maximum absolute atomic E-state index is 11.8. The number of nitrogens with one attached hydrogen (secondary N) is 1. The SMILES string of the molecule is COc1ccc(C=CC(=O)OCC(=O)NCc2ccccc2Cl)cc1OC. The van der Waals surface area contributed by atoms with Gasteiger partial charge in [0.15, 0.2) is 18.1 Å². The van der Waals surface area contributed by atoms with Gasteiger partial charge in [-0.3, -0.25) is 4.79 Å². The van der Waals surface area contributed by atoms with Gasteiger partial charge in [0.1, 0.15) is 0 Å². The number of benzene rings is 2. The van der Waals surface area contributed by atoms with E-state index < -0.39 is 11.9 Å². The third kappa shape index (κ3) is 6.34. The van der Waals surface area contributed by atoms with Gasteiger partial charge in [-0.05, 0) is 35.4 Å². The van der Waals surface area contributed by atoms with Gasteiger partial charge in [-0.1, -0.05) is 35.9 Å². The molecule has 0 bridgehead atoms. The Kier molecular flexibility index (Phi) is 7.70. The molecule has 2 aromatic carbocycles. The van der Waals surface area contributed by atoms with E-state index in [0.717, 1.165) is 11.1 Å². The van der Waals surface area contributed by atoms with Crippen molar-refractivity contribution < 1.29 is 23.8 Å². The molecule has 27 heavy (non-hydrogen) atoms. The van der Waals surface area contributed by atoms with Crippen LogP contribution in [0.5, 0.6) is 11.5 Å². The molecule has 0 saturated carbocycles. The van der Waals surface area contributed by atoms with E-state index in [0.29, 0.717) is 16.5 Å². The number of hydrogen-bond donors (Lipinski definition) is 1. The minimum atomic E-state index is -0.627. The van der Waals surface area contributed by atoms with Gasteiger partial charge < -0.3 is 19.5 Å². The molecular weight excluding hydrogens is 370 g/mol. The molecule has 0 radical (unpaired) electrons. The quantitative estimate of drug-likeness (QED) is 0.554. The molecule has 0 fully saturated rings. The van der Waals surface area contributed by atoms with Crippen LogP contribution in [0.3, 0.4) is 0 Å². The highest BCUT2D eigenvalue weighted by atomic mass is 35.5. The van der Waals surface area contributed by atoms with Gasteiger partial charge in [0, 0.05) is 17.6 Å². The molecule has 0 unspecified atom stereocenters. The smallest absolute Gasteiger partial charge is 0.331 e. The van der Waals surface area contributed by atoms with E-state index in [1.54, 1.807) is 49.6 Å². The summed E-state index contributed by atoms with van der Waals surface area (Å²) in [6, 6.07) is 12.4. The molecule has 0 aliphatic heterocycles. The fourth-order valence-electron chi connectivity index (χ4n) is 2.19. The molecule has 2 aromatic rings. The molecule has 2 rings (SSSR count). The first-order valence-corrected chi connectivity index (χ1v) is 8.48. The number of carbonyl (C=O) groups excluding carboxylic acids is 2. The zero-order valence-electron chi connectivity index (χ0n) is 15.0. The fraction of sp³-hybridized carbons (Fsp3) is 0.200. The molecule has 0 saturated heterocycles. The zero-order chi connectivity index (χ0) is 19.6. The molecule has 7 heteroatoms. The lowest BCUT2D eigenvalue weighted by Crippen LogP contribution is -2.28. The Bertz CT molecular complexity index is 835. The van der Waals surface area contributed by atoms with Crippen LogP contribution in [-0.4, -0.2) is 32.7 Å². The van der Waals surface area contributed by atoms with E-state index in [-0.39, 0.29) is 13.2 Å². The van der Waals surface area contributed by atoms with Gasteiger partial charge in [0.25, 0.3) is 5.91 Å². The van der Waals surface area contributed by atoms with E-state index in [1.165, 1.54) is 13.2 Å². The average Bonchev–Trinajstić information content (AvgIpc) is 2.69. The number of amides is 1. The molecule has 0 aromatic heterocycles. The van der Waals surface area contributed by atoms with Crippen molar-refractivity contribution >= 4 is 29.6 Å². The lowest BCUT2D eigenvalue weighted by molar-refractivity contribution is -0.143. The molecule has 0 spiro atoms. The van der Waals surface area contributed by atoms with Crippen molar-refractivity contribution in [2.24, 2.45) is 0 Å². The first kappa shape index (κ1) is 20.3. The van der Waals surface area contributed by atoms with Crippen LogP contribution in [-0.2, 0) is 20.9 Å². The van der Waals surface area contributed by atoms with Crippen LogP contribution >= 0.6 is 11.6 Å². The Morgan fingerprint density at radius 2 is 1.81 bits per heavy atom. The molecule has 1 amide bonds. The summed E-state index contributed by atoms with van der Waals surface area (Å²) >= 11 is 6.01. The summed E-state index contributed by atoms with van der Waals surface area (Å²) in [5.41, 5.74) is 1.51. The van der Waals surface area contributed by atoms with Gasteiger partial charge in [-0.2, -0.15) is 0 Å². The number of esters is 1. The monoisotopic (exact) mass is 389 g/mol. The summed E-state index contributed by atoms with van der Waals surface area (Å²) < 4.78 is 15.3. The highest BCUT2D eigenvalue weighted by Gasteiger charge is 2.07. The third-order valence-electron chi connectivity index (χ3n) is 3.60. The summed E-state index contributed by atoms with van der Waals surface area (Å²) in [7, 11) is 3.07. The van der Waals surface area contributed by atoms with Crippen molar-refractivity contribution in [3.8, 4) is 11.5 Å². The van der Waals surface area contributed by atoms with Crippen LogP contribution in [0.25, 0.3) is 6.08 Å². The van der Waals surface area contributed by atoms with Crippen molar-refractivity contribution in [3.05, 3.63) is 64.7 Å². The Hall–Kier alpha value is -2.99. The van der Waals surface area contributed by atoms with Crippen LogP contribution < -0.4 is 14.8 Å². The Morgan fingerprint density at radius 3 is 2.52 bits per heavy atom. The van der Waals surface area contributed by atoms with Crippen LogP contribution in [0.1, 0.15) is 11.1 Å². The van der Waals surface area contributed by atoms with Crippen molar-refractivity contribution in [3.63, 3.8) is 0 Å². The first-order valence-electron chi connectivity index (χ1n) is 8.10. The number of carbonyl (C=O) groups is 2. The number of methoxy groups -OCH3 is 2. The molecule has 0 aliphatic rings. The van der Waals surface area contributed by atoms with E-state index in [9.17, 15) is 9.59 Å². The largest absolute Gasteiger partial charge is 0.493 e.